The first-order valence-corrected chi connectivity index (χ1v) is 7.47. The van der Waals surface area contributed by atoms with E-state index in [1.54, 1.807) is 6.07 Å². The van der Waals surface area contributed by atoms with E-state index in [9.17, 15) is 9.59 Å². The molecule has 0 radical (unpaired) electrons. The Morgan fingerprint density at radius 1 is 1.35 bits per heavy atom. The van der Waals surface area contributed by atoms with Crippen molar-refractivity contribution in [1.82, 2.24) is 0 Å². The molecule has 20 heavy (non-hydrogen) atoms. The first kappa shape index (κ1) is 15.0. The van der Waals surface area contributed by atoms with Gasteiger partial charge in [0.05, 0.1) is 24.9 Å². The normalized spacial score (nSPS) is 10.3. The number of thiophene rings is 1. The summed E-state index contributed by atoms with van der Waals surface area (Å²) in [5.74, 6) is -1.40. The summed E-state index contributed by atoms with van der Waals surface area (Å²) in [6, 6.07) is 5.90. The Bertz CT molecular complexity index is 679. The van der Waals surface area contributed by atoms with Crippen LogP contribution < -0.4 is 5.32 Å². The summed E-state index contributed by atoms with van der Waals surface area (Å²) in [5, 5.41) is 11.8. The van der Waals surface area contributed by atoms with Crippen molar-refractivity contribution in [2.75, 3.05) is 5.32 Å². The predicted molar refractivity (Wildman–Crippen MR) is 83.1 cm³/mol. The van der Waals surface area contributed by atoms with Crippen LogP contribution in [0.15, 0.2) is 28.1 Å². The van der Waals surface area contributed by atoms with E-state index in [1.807, 2.05) is 6.92 Å². The number of aryl methyl sites for hydroxylation is 1. The van der Waals surface area contributed by atoms with E-state index in [4.69, 9.17) is 16.7 Å². The van der Waals surface area contributed by atoms with Crippen molar-refractivity contribution in [2.45, 2.75) is 6.92 Å². The van der Waals surface area contributed by atoms with Crippen molar-refractivity contribution >= 4 is 56.4 Å². The maximum atomic E-state index is 12.1. The number of benzene rings is 1. The highest BCUT2D eigenvalue weighted by Gasteiger charge is 2.14. The second kappa shape index (κ2) is 5.95. The lowest BCUT2D eigenvalue weighted by Gasteiger charge is -2.07. The van der Waals surface area contributed by atoms with Crippen LogP contribution in [0, 0.1) is 6.92 Å². The largest absolute Gasteiger partial charge is 0.478 e. The molecule has 1 amide bonds. The smallest absolute Gasteiger partial charge is 0.335 e. The van der Waals surface area contributed by atoms with Gasteiger partial charge in [0, 0.05) is 0 Å². The molecule has 0 atom stereocenters. The van der Waals surface area contributed by atoms with Crippen LogP contribution in [0.5, 0.6) is 0 Å². The number of carbonyl (C=O) groups excluding carboxylic acids is 1. The van der Waals surface area contributed by atoms with E-state index >= 15 is 0 Å². The SMILES string of the molecule is Cc1cc(C(=O)Nc2cc(C(=O)O)ccc2Cl)sc1Br. The molecule has 0 spiro atoms. The van der Waals surface area contributed by atoms with Crippen molar-refractivity contribution < 1.29 is 14.7 Å². The summed E-state index contributed by atoms with van der Waals surface area (Å²) < 4.78 is 0.882. The van der Waals surface area contributed by atoms with Crippen molar-refractivity contribution in [3.63, 3.8) is 0 Å². The molecule has 0 aliphatic carbocycles. The Morgan fingerprint density at radius 3 is 2.60 bits per heavy atom. The molecule has 1 aromatic heterocycles. The number of hydrogen-bond donors (Lipinski definition) is 2. The number of anilines is 1. The third kappa shape index (κ3) is 3.20. The van der Waals surface area contributed by atoms with Gasteiger partial charge in [-0.1, -0.05) is 11.6 Å². The number of rotatable bonds is 3. The lowest BCUT2D eigenvalue weighted by molar-refractivity contribution is 0.0696. The number of carbonyl (C=O) groups is 2. The van der Waals surface area contributed by atoms with Crippen molar-refractivity contribution in [3.05, 3.63) is 49.1 Å². The summed E-state index contributed by atoms with van der Waals surface area (Å²) in [4.78, 5) is 23.5. The molecule has 0 fully saturated rings. The van der Waals surface area contributed by atoms with E-state index in [0.29, 0.717) is 4.88 Å². The van der Waals surface area contributed by atoms with Gasteiger partial charge in [-0.05, 0) is 52.7 Å². The topological polar surface area (TPSA) is 66.4 Å². The molecule has 0 saturated heterocycles. The summed E-state index contributed by atoms with van der Waals surface area (Å²) in [6.07, 6.45) is 0. The monoisotopic (exact) mass is 373 g/mol. The molecule has 0 bridgehead atoms. The van der Waals surface area contributed by atoms with Crippen LogP contribution >= 0.6 is 38.9 Å². The second-order valence-corrected chi connectivity index (χ2v) is 6.80. The molecular formula is C13H9BrClNO3S. The standard InChI is InChI=1S/C13H9BrClNO3S/c1-6-4-10(20-11(6)14)12(17)16-9-5-7(13(18)19)2-3-8(9)15/h2-5H,1H3,(H,16,17)(H,18,19). The van der Waals surface area contributed by atoms with Crippen LogP contribution in [-0.2, 0) is 0 Å². The van der Waals surface area contributed by atoms with Gasteiger partial charge in [0.15, 0.2) is 0 Å². The second-order valence-electron chi connectivity index (χ2n) is 4.02. The van der Waals surface area contributed by atoms with Gasteiger partial charge in [0.2, 0.25) is 0 Å². The zero-order valence-corrected chi connectivity index (χ0v) is 13.4. The molecule has 1 aromatic carbocycles. The molecule has 4 nitrogen and oxygen atoms in total. The Balaban J connectivity index is 2.27. The summed E-state index contributed by atoms with van der Waals surface area (Å²) in [7, 11) is 0. The molecule has 7 heteroatoms. The van der Waals surface area contributed by atoms with E-state index in [-0.39, 0.29) is 22.2 Å². The van der Waals surface area contributed by atoms with Crippen molar-refractivity contribution in [1.29, 1.82) is 0 Å². The van der Waals surface area contributed by atoms with Gasteiger partial charge in [-0.15, -0.1) is 11.3 Å². The summed E-state index contributed by atoms with van der Waals surface area (Å²) >= 11 is 10.6. The van der Waals surface area contributed by atoms with E-state index < -0.39 is 5.97 Å². The molecule has 0 aliphatic rings. The molecule has 2 aromatic rings. The molecule has 0 saturated carbocycles. The van der Waals surface area contributed by atoms with Crippen LogP contribution in [-0.4, -0.2) is 17.0 Å². The molecule has 104 valence electrons. The van der Waals surface area contributed by atoms with Gasteiger partial charge < -0.3 is 10.4 Å². The van der Waals surface area contributed by atoms with Gasteiger partial charge in [-0.3, -0.25) is 4.79 Å². The molecule has 0 aliphatic heterocycles. The average Bonchev–Trinajstić information content (AvgIpc) is 2.72. The van der Waals surface area contributed by atoms with Crippen LogP contribution in [0.1, 0.15) is 25.6 Å². The molecule has 2 N–H and O–H groups in total. The maximum absolute atomic E-state index is 12.1. The third-order valence-corrected chi connectivity index (χ3v) is 5.01. The zero-order chi connectivity index (χ0) is 14.9. The van der Waals surface area contributed by atoms with Gasteiger partial charge in [-0.25, -0.2) is 4.79 Å². The Kier molecular flexibility index (Phi) is 4.47. The first-order chi connectivity index (χ1) is 9.38. The minimum atomic E-state index is -1.08. The van der Waals surface area contributed by atoms with Crippen LogP contribution in [0.4, 0.5) is 5.69 Å². The minimum Gasteiger partial charge on any atom is -0.478 e. The highest BCUT2D eigenvalue weighted by Crippen LogP contribution is 2.29. The highest BCUT2D eigenvalue weighted by atomic mass is 79.9. The number of nitrogens with one attached hydrogen (secondary N) is 1. The molecule has 0 unspecified atom stereocenters. The predicted octanol–water partition coefficient (Wildman–Crippen LogP) is 4.42. The quantitative estimate of drug-likeness (QED) is 0.835. The van der Waals surface area contributed by atoms with Gasteiger partial charge in [0.25, 0.3) is 5.91 Å². The number of amides is 1. The fourth-order valence-electron chi connectivity index (χ4n) is 1.51. The number of carboxylic acid groups (broad SMARTS) is 1. The Hall–Kier alpha value is -1.37. The third-order valence-electron chi connectivity index (χ3n) is 2.54. The maximum Gasteiger partial charge on any atom is 0.335 e. The Labute approximate surface area is 132 Å². The van der Waals surface area contributed by atoms with Crippen LogP contribution in [0.25, 0.3) is 0 Å². The van der Waals surface area contributed by atoms with E-state index in [2.05, 4.69) is 21.2 Å². The summed E-state index contributed by atoms with van der Waals surface area (Å²) in [6.45, 7) is 1.88. The Morgan fingerprint density at radius 2 is 2.05 bits per heavy atom. The lowest BCUT2D eigenvalue weighted by atomic mass is 10.2. The number of halogens is 2. The minimum absolute atomic E-state index is 0.0632. The van der Waals surface area contributed by atoms with Gasteiger partial charge in [-0.2, -0.15) is 0 Å². The summed E-state index contributed by atoms with van der Waals surface area (Å²) in [5.41, 5.74) is 1.30. The van der Waals surface area contributed by atoms with Crippen LogP contribution in [0.3, 0.4) is 0 Å². The van der Waals surface area contributed by atoms with E-state index in [0.717, 1.165) is 9.35 Å². The fraction of sp³-hybridized carbons (Fsp3) is 0.0769. The van der Waals surface area contributed by atoms with Gasteiger partial charge in [0.1, 0.15) is 0 Å². The first-order valence-electron chi connectivity index (χ1n) is 5.48. The van der Waals surface area contributed by atoms with Crippen molar-refractivity contribution in [2.24, 2.45) is 0 Å². The molecule has 2 rings (SSSR count). The number of hydrogen-bond acceptors (Lipinski definition) is 3. The lowest BCUT2D eigenvalue weighted by Crippen LogP contribution is -2.11. The van der Waals surface area contributed by atoms with Gasteiger partial charge >= 0.3 is 5.97 Å². The highest BCUT2D eigenvalue weighted by molar-refractivity contribution is 9.11. The number of aromatic carboxylic acids is 1. The van der Waals surface area contributed by atoms with E-state index in [1.165, 1.54) is 29.5 Å². The average molecular weight is 375 g/mol. The van der Waals surface area contributed by atoms with Crippen molar-refractivity contribution in [3.8, 4) is 0 Å². The zero-order valence-electron chi connectivity index (χ0n) is 10.2. The van der Waals surface area contributed by atoms with Crippen LogP contribution in [0.2, 0.25) is 5.02 Å². The molecule has 1 heterocycles. The molecular weight excluding hydrogens is 366 g/mol. The fourth-order valence-corrected chi connectivity index (χ4v) is 3.10. The number of carboxylic acids is 1.